The molecule has 10 heteroatoms. The van der Waals surface area contributed by atoms with Gasteiger partial charge in [0.25, 0.3) is 5.91 Å². The number of rotatable bonds is 5. The Morgan fingerprint density at radius 3 is 2.78 bits per heavy atom. The Bertz CT molecular complexity index is 961. The second kappa shape index (κ2) is 8.07. The Kier molecular flexibility index (Phi) is 5.78. The van der Waals surface area contributed by atoms with Crippen molar-refractivity contribution in [3.05, 3.63) is 48.2 Å². The highest BCUT2D eigenvalue weighted by Crippen LogP contribution is 2.19. The van der Waals surface area contributed by atoms with Crippen molar-refractivity contribution in [3.63, 3.8) is 0 Å². The predicted molar refractivity (Wildman–Crippen MR) is 102 cm³/mol. The zero-order chi connectivity index (χ0) is 19.4. The fourth-order valence-electron chi connectivity index (χ4n) is 2.55. The Balaban J connectivity index is 1.79. The summed E-state index contributed by atoms with van der Waals surface area (Å²) in [6, 6.07) is 9.25. The maximum atomic E-state index is 12.7. The van der Waals surface area contributed by atoms with Gasteiger partial charge in [0.1, 0.15) is 0 Å². The van der Waals surface area contributed by atoms with Crippen LogP contribution in [0, 0.1) is 0 Å². The molecule has 27 heavy (non-hydrogen) atoms. The van der Waals surface area contributed by atoms with Crippen molar-refractivity contribution in [1.29, 1.82) is 0 Å². The van der Waals surface area contributed by atoms with Crippen molar-refractivity contribution in [2.75, 3.05) is 31.2 Å². The molecule has 0 radical (unpaired) electrons. The number of amides is 2. The second-order valence-electron chi connectivity index (χ2n) is 5.76. The molecule has 1 aliphatic rings. The highest BCUT2D eigenvalue weighted by Gasteiger charge is 2.29. The predicted octanol–water partition coefficient (Wildman–Crippen LogP) is 1.18. The molecular formula is C17H18N4O4S2. The van der Waals surface area contributed by atoms with Crippen LogP contribution in [-0.2, 0) is 14.8 Å². The van der Waals surface area contributed by atoms with Crippen molar-refractivity contribution in [1.82, 2.24) is 14.6 Å². The molecule has 0 saturated carbocycles. The van der Waals surface area contributed by atoms with Gasteiger partial charge in [-0.3, -0.25) is 9.59 Å². The van der Waals surface area contributed by atoms with Crippen LogP contribution >= 0.6 is 11.8 Å². The lowest BCUT2D eigenvalue weighted by molar-refractivity contribution is -0.122. The zero-order valence-electron chi connectivity index (χ0n) is 14.5. The van der Waals surface area contributed by atoms with Crippen molar-refractivity contribution < 1.29 is 18.0 Å². The number of thioether (sulfide) groups is 1. The molecule has 0 spiro atoms. The molecule has 1 aliphatic heterocycles. The molecule has 8 nitrogen and oxygen atoms in total. The van der Waals surface area contributed by atoms with Gasteiger partial charge >= 0.3 is 0 Å². The van der Waals surface area contributed by atoms with E-state index in [4.69, 9.17) is 0 Å². The number of hydrogen-bond acceptors (Lipinski definition) is 6. The highest BCUT2D eigenvalue weighted by atomic mass is 32.2. The molecule has 0 unspecified atom stereocenters. The van der Waals surface area contributed by atoms with E-state index in [1.54, 1.807) is 12.1 Å². The van der Waals surface area contributed by atoms with E-state index in [0.717, 1.165) is 9.33 Å². The molecule has 1 aromatic carbocycles. The largest absolute Gasteiger partial charge is 0.354 e. The van der Waals surface area contributed by atoms with E-state index in [1.807, 2.05) is 6.26 Å². The summed E-state index contributed by atoms with van der Waals surface area (Å²) in [6.45, 7) is 0.224. The van der Waals surface area contributed by atoms with Crippen LogP contribution in [0.15, 0.2) is 52.5 Å². The Morgan fingerprint density at radius 2 is 2.11 bits per heavy atom. The van der Waals surface area contributed by atoms with Crippen molar-refractivity contribution >= 4 is 39.3 Å². The normalized spacial score (nSPS) is 15.2. The van der Waals surface area contributed by atoms with Gasteiger partial charge in [-0.1, -0.05) is 6.07 Å². The third-order valence-corrected chi connectivity index (χ3v) is 6.44. The van der Waals surface area contributed by atoms with Gasteiger partial charge < -0.3 is 10.6 Å². The summed E-state index contributed by atoms with van der Waals surface area (Å²) in [4.78, 5) is 28.1. The van der Waals surface area contributed by atoms with Crippen LogP contribution in [0.4, 0.5) is 5.69 Å². The quantitative estimate of drug-likeness (QED) is 0.722. The summed E-state index contributed by atoms with van der Waals surface area (Å²) in [6.07, 6.45) is 3.44. The molecule has 3 rings (SSSR count). The zero-order valence-corrected chi connectivity index (χ0v) is 16.1. The van der Waals surface area contributed by atoms with E-state index in [9.17, 15) is 18.0 Å². The van der Waals surface area contributed by atoms with Gasteiger partial charge in [0.05, 0.1) is 28.4 Å². The third-order valence-electron chi connectivity index (χ3n) is 3.94. The molecule has 1 saturated heterocycles. The number of piperazine rings is 1. The molecular weight excluding hydrogens is 388 g/mol. The van der Waals surface area contributed by atoms with Gasteiger partial charge in [0, 0.05) is 18.7 Å². The van der Waals surface area contributed by atoms with Crippen LogP contribution in [0.5, 0.6) is 0 Å². The van der Waals surface area contributed by atoms with Gasteiger partial charge in [-0.15, -0.1) is 11.8 Å². The van der Waals surface area contributed by atoms with Crippen molar-refractivity contribution in [2.45, 2.75) is 9.92 Å². The minimum Gasteiger partial charge on any atom is -0.354 e. The Morgan fingerprint density at radius 1 is 1.30 bits per heavy atom. The van der Waals surface area contributed by atoms with Crippen LogP contribution in [0.2, 0.25) is 0 Å². The number of nitrogens with zero attached hydrogens (tertiary/aromatic N) is 2. The summed E-state index contributed by atoms with van der Waals surface area (Å²) in [5.74, 6) is -0.790. The number of carbonyl (C=O) groups is 2. The van der Waals surface area contributed by atoms with Gasteiger partial charge in [0.15, 0.2) is 0 Å². The number of aromatic nitrogens is 1. The standard InChI is InChI=1S/C17H18N4O4S2/c1-26-16-6-5-13(10-19-16)20-17(23)12-3-2-4-14(9-12)27(24,25)21-8-7-18-15(22)11-21/h2-6,9-10H,7-8,11H2,1H3,(H,18,22)(H,20,23). The minimum absolute atomic E-state index is 0.0271. The number of sulfonamides is 1. The molecule has 1 fully saturated rings. The second-order valence-corrected chi connectivity index (χ2v) is 8.52. The first-order valence-electron chi connectivity index (χ1n) is 8.08. The molecule has 2 aromatic rings. The number of nitrogens with one attached hydrogen (secondary N) is 2. The number of benzene rings is 1. The lowest BCUT2D eigenvalue weighted by Gasteiger charge is -2.26. The highest BCUT2D eigenvalue weighted by molar-refractivity contribution is 7.98. The number of hydrogen-bond donors (Lipinski definition) is 2. The average molecular weight is 406 g/mol. The summed E-state index contributed by atoms with van der Waals surface area (Å²) in [7, 11) is -3.86. The van der Waals surface area contributed by atoms with Gasteiger partial charge in [0.2, 0.25) is 15.9 Å². The summed E-state index contributed by atoms with van der Waals surface area (Å²) in [5, 5.41) is 6.10. The lowest BCUT2D eigenvalue weighted by atomic mass is 10.2. The summed E-state index contributed by atoms with van der Waals surface area (Å²) >= 11 is 1.49. The molecule has 0 bridgehead atoms. The Labute approximate surface area is 161 Å². The van der Waals surface area contributed by atoms with E-state index in [0.29, 0.717) is 5.69 Å². The van der Waals surface area contributed by atoms with Crippen molar-refractivity contribution in [3.8, 4) is 0 Å². The third kappa shape index (κ3) is 4.46. The first kappa shape index (κ1) is 19.3. The Hall–Kier alpha value is -2.43. The van der Waals surface area contributed by atoms with Crippen LogP contribution in [0.25, 0.3) is 0 Å². The monoisotopic (exact) mass is 406 g/mol. The summed E-state index contributed by atoms with van der Waals surface area (Å²) in [5.41, 5.74) is 0.713. The van der Waals surface area contributed by atoms with E-state index in [2.05, 4.69) is 15.6 Å². The minimum atomic E-state index is -3.86. The number of pyridine rings is 1. The van der Waals surface area contributed by atoms with Crippen LogP contribution in [0.1, 0.15) is 10.4 Å². The summed E-state index contributed by atoms with van der Waals surface area (Å²) < 4.78 is 26.6. The van der Waals surface area contributed by atoms with Crippen molar-refractivity contribution in [2.24, 2.45) is 0 Å². The maximum Gasteiger partial charge on any atom is 0.255 e. The first-order valence-corrected chi connectivity index (χ1v) is 10.7. The molecule has 142 valence electrons. The van der Waals surface area contributed by atoms with Crippen LogP contribution in [-0.4, -0.2) is 55.4 Å². The molecule has 2 N–H and O–H groups in total. The molecule has 2 heterocycles. The van der Waals surface area contributed by atoms with E-state index < -0.39 is 15.9 Å². The van der Waals surface area contributed by atoms with Crippen LogP contribution in [0.3, 0.4) is 0 Å². The molecule has 0 atom stereocenters. The SMILES string of the molecule is CSc1ccc(NC(=O)c2cccc(S(=O)(=O)N3CCNC(=O)C3)c2)cn1. The topological polar surface area (TPSA) is 108 Å². The van der Waals surface area contributed by atoms with Crippen LogP contribution < -0.4 is 10.6 Å². The molecule has 2 amide bonds. The fraction of sp³-hybridized carbons (Fsp3) is 0.235. The molecule has 1 aromatic heterocycles. The van der Waals surface area contributed by atoms with E-state index in [-0.39, 0.29) is 36.0 Å². The van der Waals surface area contributed by atoms with Gasteiger partial charge in [-0.2, -0.15) is 4.31 Å². The molecule has 0 aliphatic carbocycles. The van der Waals surface area contributed by atoms with E-state index in [1.165, 1.54) is 42.2 Å². The fourth-order valence-corrected chi connectivity index (χ4v) is 4.35. The number of carbonyl (C=O) groups excluding carboxylic acids is 2. The smallest absolute Gasteiger partial charge is 0.255 e. The lowest BCUT2D eigenvalue weighted by Crippen LogP contribution is -2.49. The maximum absolute atomic E-state index is 12.7. The van der Waals surface area contributed by atoms with E-state index >= 15 is 0 Å². The first-order chi connectivity index (χ1) is 12.9. The van der Waals surface area contributed by atoms with Gasteiger partial charge in [-0.05, 0) is 36.6 Å². The average Bonchev–Trinajstić information content (AvgIpc) is 2.68. The van der Waals surface area contributed by atoms with Gasteiger partial charge in [-0.25, -0.2) is 13.4 Å². The number of anilines is 1.